The van der Waals surface area contributed by atoms with Crippen molar-refractivity contribution in [2.24, 2.45) is 0 Å². The fourth-order valence-electron chi connectivity index (χ4n) is 4.41. The number of benzene rings is 1. The number of nitrogens with zero attached hydrogens (tertiary/aromatic N) is 1. The molecule has 0 amide bonds. The lowest BCUT2D eigenvalue weighted by Crippen LogP contribution is -2.69. The number of rotatable bonds is 2. The Morgan fingerprint density at radius 1 is 1.00 bits per heavy atom. The second kappa shape index (κ2) is 5.73. The largest absolute Gasteiger partial charge is 0.304 e. The summed E-state index contributed by atoms with van der Waals surface area (Å²) in [5, 5.41) is 3.99. The average Bonchev–Trinajstić information content (AvgIpc) is 2.40. The second-order valence-corrected chi connectivity index (χ2v) is 7.98. The van der Waals surface area contributed by atoms with Crippen LogP contribution in [0.25, 0.3) is 0 Å². The zero-order valence-corrected chi connectivity index (χ0v) is 13.9. The van der Waals surface area contributed by atoms with Crippen LogP contribution >= 0.6 is 0 Å². The number of aryl methyl sites for hydroxylation is 1. The van der Waals surface area contributed by atoms with Gasteiger partial charge in [-0.05, 0) is 39.2 Å². The van der Waals surface area contributed by atoms with Crippen molar-refractivity contribution in [1.29, 1.82) is 0 Å². The molecule has 2 nitrogen and oxygen atoms in total. The number of piperazine rings is 1. The Bertz CT molecular complexity index is 469. The van der Waals surface area contributed by atoms with Crippen molar-refractivity contribution in [1.82, 2.24) is 10.2 Å². The minimum absolute atomic E-state index is 0.223. The molecule has 1 heterocycles. The Hall–Kier alpha value is -0.860. The fourth-order valence-corrected chi connectivity index (χ4v) is 4.41. The molecule has 116 valence electrons. The maximum Gasteiger partial charge on any atom is 0.0314 e. The molecule has 0 bridgehead atoms. The molecule has 3 rings (SSSR count). The smallest absolute Gasteiger partial charge is 0.0314 e. The zero-order valence-electron chi connectivity index (χ0n) is 13.9. The van der Waals surface area contributed by atoms with Crippen molar-refractivity contribution in [3.8, 4) is 0 Å². The summed E-state index contributed by atoms with van der Waals surface area (Å²) in [7, 11) is 0. The zero-order chi connectivity index (χ0) is 14.9. The van der Waals surface area contributed by atoms with E-state index < -0.39 is 0 Å². The number of hydrogen-bond acceptors (Lipinski definition) is 2. The normalized spacial score (nSPS) is 25.1. The maximum absolute atomic E-state index is 3.99. The van der Waals surface area contributed by atoms with Crippen molar-refractivity contribution < 1.29 is 0 Å². The molecule has 21 heavy (non-hydrogen) atoms. The highest BCUT2D eigenvalue weighted by molar-refractivity contribution is 5.21. The summed E-state index contributed by atoms with van der Waals surface area (Å²) in [6.07, 6.45) is 6.90. The van der Waals surface area contributed by atoms with Crippen LogP contribution in [0.5, 0.6) is 0 Å². The first-order chi connectivity index (χ1) is 9.96. The molecule has 1 aliphatic heterocycles. The number of nitrogens with one attached hydrogen (secondary N) is 1. The molecule has 2 aliphatic rings. The van der Waals surface area contributed by atoms with Gasteiger partial charge in [-0.25, -0.2) is 0 Å². The van der Waals surface area contributed by atoms with Gasteiger partial charge in [-0.15, -0.1) is 0 Å². The Balaban J connectivity index is 1.73. The minimum atomic E-state index is 0.223. The SMILES string of the molecule is Cc1ccc(CN2CC(C)(C)NC3(CCCCC3)C2)cc1. The molecule has 1 aromatic carbocycles. The third-order valence-corrected chi connectivity index (χ3v) is 5.09. The highest BCUT2D eigenvalue weighted by atomic mass is 15.3. The van der Waals surface area contributed by atoms with Gasteiger partial charge < -0.3 is 5.32 Å². The van der Waals surface area contributed by atoms with Crippen LogP contribution < -0.4 is 5.32 Å². The molecule has 1 aromatic rings. The molecule has 1 aliphatic carbocycles. The summed E-state index contributed by atoms with van der Waals surface area (Å²) in [5.74, 6) is 0. The van der Waals surface area contributed by atoms with Crippen molar-refractivity contribution in [2.45, 2.75) is 70.5 Å². The molecule has 2 fully saturated rings. The predicted molar refractivity (Wildman–Crippen MR) is 89.5 cm³/mol. The summed E-state index contributed by atoms with van der Waals surface area (Å²) in [6, 6.07) is 9.05. The van der Waals surface area contributed by atoms with Gasteiger partial charge in [0.1, 0.15) is 0 Å². The summed E-state index contributed by atoms with van der Waals surface area (Å²) in [6.45, 7) is 10.3. The Morgan fingerprint density at radius 2 is 1.67 bits per heavy atom. The van der Waals surface area contributed by atoms with E-state index in [0.29, 0.717) is 5.54 Å². The van der Waals surface area contributed by atoms with Crippen molar-refractivity contribution in [3.63, 3.8) is 0 Å². The average molecular weight is 286 g/mol. The highest BCUT2D eigenvalue weighted by Crippen LogP contribution is 2.34. The van der Waals surface area contributed by atoms with E-state index in [4.69, 9.17) is 0 Å². The van der Waals surface area contributed by atoms with Gasteiger partial charge in [0.15, 0.2) is 0 Å². The summed E-state index contributed by atoms with van der Waals surface area (Å²) >= 11 is 0. The van der Waals surface area contributed by atoms with Crippen LogP contribution in [0.2, 0.25) is 0 Å². The standard InChI is InChI=1S/C19H30N2/c1-16-7-9-17(10-8-16)13-21-14-18(2,3)20-19(15-21)11-5-4-6-12-19/h7-10,20H,4-6,11-15H2,1-3H3. The first-order valence-electron chi connectivity index (χ1n) is 8.54. The van der Waals surface area contributed by atoms with Gasteiger partial charge in [-0.1, -0.05) is 49.1 Å². The van der Waals surface area contributed by atoms with Crippen molar-refractivity contribution in [3.05, 3.63) is 35.4 Å². The number of hydrogen-bond donors (Lipinski definition) is 1. The van der Waals surface area contributed by atoms with Crippen LogP contribution in [-0.2, 0) is 6.54 Å². The minimum Gasteiger partial charge on any atom is -0.304 e. The second-order valence-electron chi connectivity index (χ2n) is 7.98. The van der Waals surface area contributed by atoms with E-state index in [0.717, 1.165) is 13.1 Å². The van der Waals surface area contributed by atoms with Crippen LogP contribution in [0.15, 0.2) is 24.3 Å². The van der Waals surface area contributed by atoms with Gasteiger partial charge in [0.05, 0.1) is 0 Å². The Morgan fingerprint density at radius 3 is 2.33 bits per heavy atom. The quantitative estimate of drug-likeness (QED) is 0.887. The van der Waals surface area contributed by atoms with Gasteiger partial charge in [0.2, 0.25) is 0 Å². The van der Waals surface area contributed by atoms with Crippen molar-refractivity contribution in [2.75, 3.05) is 13.1 Å². The van der Waals surface area contributed by atoms with Crippen LogP contribution in [0.4, 0.5) is 0 Å². The van der Waals surface area contributed by atoms with E-state index in [-0.39, 0.29) is 5.54 Å². The molecule has 0 atom stereocenters. The first-order valence-corrected chi connectivity index (χ1v) is 8.54. The van der Waals surface area contributed by atoms with E-state index in [1.54, 1.807) is 0 Å². The molecule has 0 unspecified atom stereocenters. The lowest BCUT2D eigenvalue weighted by atomic mass is 9.77. The molecule has 1 saturated carbocycles. The van der Waals surface area contributed by atoms with E-state index in [1.165, 1.54) is 49.8 Å². The van der Waals surface area contributed by atoms with Crippen LogP contribution in [-0.4, -0.2) is 29.1 Å². The molecule has 1 N–H and O–H groups in total. The molecular formula is C19H30N2. The Labute approximate surface area is 129 Å². The lowest BCUT2D eigenvalue weighted by Gasteiger charge is -2.53. The van der Waals surface area contributed by atoms with Crippen LogP contribution in [0.1, 0.15) is 57.1 Å². The molecular weight excluding hydrogens is 256 g/mol. The highest BCUT2D eigenvalue weighted by Gasteiger charge is 2.42. The van der Waals surface area contributed by atoms with Gasteiger partial charge >= 0.3 is 0 Å². The first kappa shape index (κ1) is 15.1. The third kappa shape index (κ3) is 3.67. The summed E-state index contributed by atoms with van der Waals surface area (Å²) in [4.78, 5) is 2.67. The van der Waals surface area contributed by atoms with E-state index in [1.807, 2.05) is 0 Å². The summed E-state index contributed by atoms with van der Waals surface area (Å²) in [5.41, 5.74) is 3.39. The maximum atomic E-state index is 3.99. The lowest BCUT2D eigenvalue weighted by molar-refractivity contribution is 0.0327. The monoisotopic (exact) mass is 286 g/mol. The topological polar surface area (TPSA) is 15.3 Å². The van der Waals surface area contributed by atoms with Gasteiger partial charge in [0.25, 0.3) is 0 Å². The van der Waals surface area contributed by atoms with E-state index in [9.17, 15) is 0 Å². The van der Waals surface area contributed by atoms with Crippen molar-refractivity contribution >= 4 is 0 Å². The van der Waals surface area contributed by atoms with Gasteiger partial charge in [-0.3, -0.25) is 4.90 Å². The van der Waals surface area contributed by atoms with Crippen LogP contribution in [0.3, 0.4) is 0 Å². The van der Waals surface area contributed by atoms with E-state index in [2.05, 4.69) is 55.3 Å². The van der Waals surface area contributed by atoms with Gasteiger partial charge in [0, 0.05) is 30.7 Å². The predicted octanol–water partition coefficient (Wildman–Crippen LogP) is 3.88. The molecule has 0 radical (unpaired) electrons. The van der Waals surface area contributed by atoms with E-state index >= 15 is 0 Å². The van der Waals surface area contributed by atoms with Crippen LogP contribution in [0, 0.1) is 6.92 Å². The van der Waals surface area contributed by atoms with Gasteiger partial charge in [-0.2, -0.15) is 0 Å². The third-order valence-electron chi connectivity index (χ3n) is 5.09. The molecule has 2 heteroatoms. The molecule has 1 saturated heterocycles. The molecule has 0 aromatic heterocycles. The fraction of sp³-hybridized carbons (Fsp3) is 0.684. The Kier molecular flexibility index (Phi) is 4.11. The summed E-state index contributed by atoms with van der Waals surface area (Å²) < 4.78 is 0. The molecule has 1 spiro atoms.